The number of hydrogen-bond donors (Lipinski definition) is 0. The lowest BCUT2D eigenvalue weighted by molar-refractivity contribution is 0.174. The first-order valence-corrected chi connectivity index (χ1v) is 12.0. The largest absolute Gasteiger partial charge is 0.454 e. The van der Waals surface area contributed by atoms with E-state index in [1.54, 1.807) is 23.1 Å². The first kappa shape index (κ1) is 19.6. The normalized spacial score (nSPS) is 12.5. The molecule has 5 rings (SSSR count). The summed E-state index contributed by atoms with van der Waals surface area (Å²) in [6.07, 6.45) is 0. The maximum absolute atomic E-state index is 5.47. The van der Waals surface area contributed by atoms with Crippen LogP contribution in [-0.4, -0.2) is 26.5 Å². The molecule has 4 aromatic rings. The summed E-state index contributed by atoms with van der Waals surface area (Å²) in [4.78, 5) is 4.79. The minimum absolute atomic E-state index is 0.277. The monoisotopic (exact) mass is 500 g/mol. The van der Waals surface area contributed by atoms with E-state index in [-0.39, 0.29) is 6.79 Å². The van der Waals surface area contributed by atoms with Crippen molar-refractivity contribution in [2.24, 2.45) is 0 Å². The summed E-state index contributed by atoms with van der Waals surface area (Å²) < 4.78 is 14.0. The summed E-state index contributed by atoms with van der Waals surface area (Å²) in [6, 6.07) is 14.1. The van der Waals surface area contributed by atoms with Crippen LogP contribution in [0.4, 0.5) is 0 Å². The second kappa shape index (κ2) is 8.41. The van der Waals surface area contributed by atoms with Gasteiger partial charge in [0.15, 0.2) is 22.5 Å². The zero-order valence-electron chi connectivity index (χ0n) is 16.0. The summed E-state index contributed by atoms with van der Waals surface area (Å²) >= 11 is 6.76. The number of benzene rings is 2. The highest BCUT2D eigenvalue weighted by molar-refractivity contribution is 9.10. The zero-order valence-corrected chi connectivity index (χ0v) is 19.3. The van der Waals surface area contributed by atoms with Gasteiger partial charge in [0.05, 0.1) is 5.69 Å². The van der Waals surface area contributed by atoms with Gasteiger partial charge >= 0.3 is 0 Å². The molecule has 0 saturated heterocycles. The van der Waals surface area contributed by atoms with Crippen LogP contribution in [0.1, 0.15) is 12.6 Å². The van der Waals surface area contributed by atoms with E-state index in [0.29, 0.717) is 0 Å². The number of rotatable bonds is 6. The van der Waals surface area contributed by atoms with Crippen molar-refractivity contribution in [3.8, 4) is 33.5 Å². The van der Waals surface area contributed by atoms with Gasteiger partial charge in [-0.05, 0) is 37.3 Å². The quantitative estimate of drug-likeness (QED) is 0.308. The van der Waals surface area contributed by atoms with Crippen molar-refractivity contribution >= 4 is 39.0 Å². The molecule has 0 N–H and O–H groups in total. The Balaban J connectivity index is 1.32. The lowest BCUT2D eigenvalue weighted by Gasteiger charge is -2.07. The summed E-state index contributed by atoms with van der Waals surface area (Å²) in [7, 11) is 0. The molecule has 0 aliphatic carbocycles. The summed E-state index contributed by atoms with van der Waals surface area (Å²) in [6.45, 7) is 3.19. The number of halogens is 1. The van der Waals surface area contributed by atoms with Gasteiger partial charge in [-0.1, -0.05) is 39.8 Å². The van der Waals surface area contributed by atoms with Gasteiger partial charge in [0.25, 0.3) is 0 Å². The number of nitrogens with zero attached hydrogens (tertiary/aromatic N) is 4. The molecule has 152 valence electrons. The van der Waals surface area contributed by atoms with Crippen molar-refractivity contribution in [3.05, 3.63) is 58.0 Å². The standard InChI is InChI=1S/C21H17BrN4O2S2/c1-2-26-19(13-3-6-15(22)7-4-13)24-25-21(26)30-11-16-10-29-20(23-16)14-5-8-17-18(9-14)28-12-27-17/h3-10H,2,11-12H2,1H3. The fourth-order valence-electron chi connectivity index (χ4n) is 3.17. The average molecular weight is 501 g/mol. The number of aromatic nitrogens is 4. The van der Waals surface area contributed by atoms with Gasteiger partial charge in [0.2, 0.25) is 6.79 Å². The summed E-state index contributed by atoms with van der Waals surface area (Å²) in [5.41, 5.74) is 3.11. The van der Waals surface area contributed by atoms with Gasteiger partial charge in [-0.25, -0.2) is 4.98 Å². The van der Waals surface area contributed by atoms with Gasteiger partial charge < -0.3 is 14.0 Å². The van der Waals surface area contributed by atoms with Crippen LogP contribution in [0.3, 0.4) is 0 Å². The summed E-state index contributed by atoms with van der Waals surface area (Å²) in [5, 5.41) is 12.8. The fourth-order valence-corrected chi connectivity index (χ4v) is 5.25. The maximum atomic E-state index is 5.47. The SMILES string of the molecule is CCn1c(SCc2csc(-c3ccc4c(c3)OCO4)n2)nnc1-c1ccc(Br)cc1. The number of thioether (sulfide) groups is 1. The molecule has 1 aliphatic heterocycles. The van der Waals surface area contributed by atoms with Crippen molar-refractivity contribution in [1.29, 1.82) is 0 Å². The van der Waals surface area contributed by atoms with E-state index in [2.05, 4.69) is 43.0 Å². The molecular weight excluding hydrogens is 484 g/mol. The van der Waals surface area contributed by atoms with Crippen molar-refractivity contribution in [1.82, 2.24) is 19.7 Å². The molecule has 0 spiro atoms. The minimum atomic E-state index is 0.277. The molecule has 0 saturated carbocycles. The minimum Gasteiger partial charge on any atom is -0.454 e. The van der Waals surface area contributed by atoms with E-state index in [0.717, 1.165) is 61.1 Å². The van der Waals surface area contributed by atoms with Crippen molar-refractivity contribution < 1.29 is 9.47 Å². The Morgan fingerprint density at radius 1 is 1.07 bits per heavy atom. The zero-order chi connectivity index (χ0) is 20.5. The lowest BCUT2D eigenvalue weighted by Crippen LogP contribution is -1.99. The van der Waals surface area contributed by atoms with E-state index in [4.69, 9.17) is 14.5 Å². The molecule has 0 fully saturated rings. The van der Waals surface area contributed by atoms with Crippen LogP contribution in [0.2, 0.25) is 0 Å². The third-order valence-electron chi connectivity index (χ3n) is 4.66. The van der Waals surface area contributed by atoms with Crippen LogP contribution in [0.25, 0.3) is 22.0 Å². The van der Waals surface area contributed by atoms with Gasteiger partial charge in [-0.2, -0.15) is 0 Å². The topological polar surface area (TPSA) is 62.1 Å². The van der Waals surface area contributed by atoms with Crippen molar-refractivity contribution in [2.45, 2.75) is 24.4 Å². The Labute approximate surface area is 190 Å². The highest BCUT2D eigenvalue weighted by Crippen LogP contribution is 2.37. The van der Waals surface area contributed by atoms with Gasteiger partial charge in [-0.3, -0.25) is 0 Å². The predicted molar refractivity (Wildman–Crippen MR) is 122 cm³/mol. The molecule has 30 heavy (non-hydrogen) atoms. The molecule has 0 amide bonds. The first-order valence-electron chi connectivity index (χ1n) is 9.37. The van der Waals surface area contributed by atoms with Crippen LogP contribution in [0, 0.1) is 0 Å². The molecule has 6 nitrogen and oxygen atoms in total. The van der Waals surface area contributed by atoms with E-state index >= 15 is 0 Å². The van der Waals surface area contributed by atoms with Gasteiger partial charge in [0, 0.05) is 33.3 Å². The Hall–Kier alpha value is -2.36. The molecular formula is C21H17BrN4O2S2. The highest BCUT2D eigenvalue weighted by Gasteiger charge is 2.17. The highest BCUT2D eigenvalue weighted by atomic mass is 79.9. The Morgan fingerprint density at radius 2 is 1.87 bits per heavy atom. The average Bonchev–Trinajstić information content (AvgIpc) is 3.51. The molecule has 2 aromatic carbocycles. The van der Waals surface area contributed by atoms with Crippen molar-refractivity contribution in [3.63, 3.8) is 0 Å². The maximum Gasteiger partial charge on any atom is 0.231 e. The van der Waals surface area contributed by atoms with Crippen molar-refractivity contribution in [2.75, 3.05) is 6.79 Å². The molecule has 0 radical (unpaired) electrons. The van der Waals surface area contributed by atoms with E-state index in [1.807, 2.05) is 42.5 Å². The first-order chi connectivity index (χ1) is 14.7. The number of thiazole rings is 1. The molecule has 2 aromatic heterocycles. The third kappa shape index (κ3) is 3.84. The molecule has 1 aliphatic rings. The van der Waals surface area contributed by atoms with Crippen LogP contribution >= 0.6 is 39.0 Å². The number of hydrogen-bond acceptors (Lipinski definition) is 7. The Kier molecular flexibility index (Phi) is 5.49. The van der Waals surface area contributed by atoms with Crippen LogP contribution < -0.4 is 9.47 Å². The molecule has 0 bridgehead atoms. The second-order valence-corrected chi connectivity index (χ2v) is 9.27. The second-order valence-electron chi connectivity index (χ2n) is 6.56. The fraction of sp³-hybridized carbons (Fsp3) is 0.190. The number of fused-ring (bicyclic) bond motifs is 1. The van der Waals surface area contributed by atoms with Gasteiger partial charge in [-0.15, -0.1) is 21.5 Å². The van der Waals surface area contributed by atoms with Crippen LogP contribution in [0.15, 0.2) is 57.5 Å². The van der Waals surface area contributed by atoms with Crippen LogP contribution in [-0.2, 0) is 12.3 Å². The number of ether oxygens (including phenoxy) is 2. The molecule has 3 heterocycles. The Morgan fingerprint density at radius 3 is 2.70 bits per heavy atom. The summed E-state index contributed by atoms with van der Waals surface area (Å²) in [5.74, 6) is 3.17. The van der Waals surface area contributed by atoms with E-state index < -0.39 is 0 Å². The molecule has 9 heteroatoms. The van der Waals surface area contributed by atoms with E-state index in [9.17, 15) is 0 Å². The molecule has 0 unspecified atom stereocenters. The third-order valence-corrected chi connectivity index (χ3v) is 7.13. The van der Waals surface area contributed by atoms with Crippen LogP contribution in [0.5, 0.6) is 11.5 Å². The lowest BCUT2D eigenvalue weighted by atomic mass is 10.2. The van der Waals surface area contributed by atoms with Gasteiger partial charge in [0.1, 0.15) is 5.01 Å². The smallest absolute Gasteiger partial charge is 0.231 e. The van der Waals surface area contributed by atoms with E-state index in [1.165, 1.54) is 0 Å². The molecule has 0 atom stereocenters. The Bertz CT molecular complexity index is 1190. The predicted octanol–water partition coefficient (Wildman–Crippen LogP) is 5.87.